The standard InChI is InChI=1S/C17H30N2S2/c1-6-9-18-13(17(5)8-7-10-21-17)11-15-19-14(12-20-15)16(2,3)4/h12-13,18H,6-11H2,1-5H3. The molecule has 1 saturated heterocycles. The van der Waals surface area contributed by atoms with Crippen molar-refractivity contribution in [2.24, 2.45) is 0 Å². The third kappa shape index (κ3) is 4.46. The van der Waals surface area contributed by atoms with Crippen LogP contribution < -0.4 is 5.32 Å². The summed E-state index contributed by atoms with van der Waals surface area (Å²) in [6.07, 6.45) is 4.96. The zero-order chi connectivity index (χ0) is 15.5. The molecule has 2 unspecified atom stereocenters. The van der Waals surface area contributed by atoms with Crippen molar-refractivity contribution >= 4 is 23.1 Å². The van der Waals surface area contributed by atoms with E-state index in [1.807, 2.05) is 11.3 Å². The number of thioether (sulfide) groups is 1. The van der Waals surface area contributed by atoms with Gasteiger partial charge in [-0.15, -0.1) is 11.3 Å². The Morgan fingerprint density at radius 2 is 2.19 bits per heavy atom. The van der Waals surface area contributed by atoms with Crippen LogP contribution in [0.1, 0.15) is 64.6 Å². The lowest BCUT2D eigenvalue weighted by atomic mass is 9.92. The molecule has 2 nitrogen and oxygen atoms in total. The fourth-order valence-corrected chi connectivity index (χ4v) is 5.30. The van der Waals surface area contributed by atoms with Crippen LogP contribution in [0, 0.1) is 0 Å². The van der Waals surface area contributed by atoms with Gasteiger partial charge in [-0.2, -0.15) is 11.8 Å². The highest BCUT2D eigenvalue weighted by atomic mass is 32.2. The van der Waals surface area contributed by atoms with Crippen LogP contribution in [0.5, 0.6) is 0 Å². The Kier molecular flexibility index (Phi) is 5.77. The van der Waals surface area contributed by atoms with Crippen LogP contribution in [0.3, 0.4) is 0 Å². The summed E-state index contributed by atoms with van der Waals surface area (Å²) in [5.74, 6) is 1.31. The van der Waals surface area contributed by atoms with E-state index in [1.54, 1.807) is 0 Å². The van der Waals surface area contributed by atoms with Gasteiger partial charge in [0.25, 0.3) is 0 Å². The van der Waals surface area contributed by atoms with E-state index in [2.05, 4.69) is 57.1 Å². The molecule has 0 radical (unpaired) electrons. The number of nitrogens with zero attached hydrogens (tertiary/aromatic N) is 1. The normalized spacial score (nSPS) is 24.4. The Labute approximate surface area is 138 Å². The van der Waals surface area contributed by atoms with Crippen molar-refractivity contribution < 1.29 is 0 Å². The van der Waals surface area contributed by atoms with Gasteiger partial charge in [0, 0.05) is 28.0 Å². The molecular weight excluding hydrogens is 296 g/mol. The van der Waals surface area contributed by atoms with Gasteiger partial charge in [-0.3, -0.25) is 0 Å². The van der Waals surface area contributed by atoms with Crippen molar-refractivity contribution in [2.75, 3.05) is 12.3 Å². The van der Waals surface area contributed by atoms with E-state index in [0.717, 1.165) is 13.0 Å². The Balaban J connectivity index is 2.09. The van der Waals surface area contributed by atoms with Crippen molar-refractivity contribution in [3.05, 3.63) is 16.1 Å². The van der Waals surface area contributed by atoms with Gasteiger partial charge in [0.2, 0.25) is 0 Å². The van der Waals surface area contributed by atoms with Gasteiger partial charge in [0.05, 0.1) is 10.7 Å². The highest BCUT2D eigenvalue weighted by Gasteiger charge is 2.38. The molecule has 0 amide bonds. The van der Waals surface area contributed by atoms with Crippen molar-refractivity contribution in [2.45, 2.75) is 76.5 Å². The highest BCUT2D eigenvalue weighted by Crippen LogP contribution is 2.41. The van der Waals surface area contributed by atoms with Gasteiger partial charge in [-0.05, 0) is 38.5 Å². The van der Waals surface area contributed by atoms with Crippen LogP contribution in [0.4, 0.5) is 0 Å². The maximum atomic E-state index is 4.90. The third-order valence-corrected chi connectivity index (χ3v) is 6.84. The molecule has 1 fully saturated rings. The molecule has 4 heteroatoms. The second-order valence-corrected chi connectivity index (χ2v) is 9.92. The quantitative estimate of drug-likeness (QED) is 0.824. The van der Waals surface area contributed by atoms with Crippen molar-refractivity contribution in [1.82, 2.24) is 10.3 Å². The molecule has 1 N–H and O–H groups in total. The maximum Gasteiger partial charge on any atom is 0.0944 e. The first-order chi connectivity index (χ1) is 9.85. The number of hydrogen-bond acceptors (Lipinski definition) is 4. The SMILES string of the molecule is CCCNC(Cc1nc(C(C)(C)C)cs1)C1(C)CCCS1. The summed E-state index contributed by atoms with van der Waals surface area (Å²) < 4.78 is 0.378. The highest BCUT2D eigenvalue weighted by molar-refractivity contribution is 8.00. The lowest BCUT2D eigenvalue weighted by Gasteiger charge is -2.33. The van der Waals surface area contributed by atoms with Gasteiger partial charge in [-0.1, -0.05) is 27.7 Å². The summed E-state index contributed by atoms with van der Waals surface area (Å²) in [6, 6.07) is 0.545. The molecule has 0 aromatic carbocycles. The second kappa shape index (κ2) is 7.01. The molecule has 1 aromatic heterocycles. The lowest BCUT2D eigenvalue weighted by Crippen LogP contribution is -2.47. The van der Waals surface area contributed by atoms with Gasteiger partial charge in [0.1, 0.15) is 0 Å². The summed E-state index contributed by atoms with van der Waals surface area (Å²) in [7, 11) is 0. The first-order valence-electron chi connectivity index (χ1n) is 8.17. The predicted octanol–water partition coefficient (Wildman–Crippen LogP) is 4.64. The second-order valence-electron chi connectivity index (χ2n) is 7.35. The van der Waals surface area contributed by atoms with Crippen molar-refractivity contribution in [3.8, 4) is 0 Å². The Hall–Kier alpha value is -0.0600. The van der Waals surface area contributed by atoms with Crippen LogP contribution in [0.15, 0.2) is 5.38 Å². The smallest absolute Gasteiger partial charge is 0.0944 e. The molecule has 1 aliphatic heterocycles. The van der Waals surface area contributed by atoms with E-state index in [0.29, 0.717) is 10.8 Å². The minimum Gasteiger partial charge on any atom is -0.312 e. The Bertz CT molecular complexity index is 442. The van der Waals surface area contributed by atoms with Crippen LogP contribution in [-0.2, 0) is 11.8 Å². The molecule has 0 aliphatic carbocycles. The molecule has 0 saturated carbocycles. The largest absolute Gasteiger partial charge is 0.312 e. The average molecular weight is 327 g/mol. The fraction of sp³-hybridized carbons (Fsp3) is 0.824. The molecular formula is C17H30N2S2. The van der Waals surface area contributed by atoms with Crippen molar-refractivity contribution in [3.63, 3.8) is 0 Å². The molecule has 120 valence electrons. The molecule has 1 aromatic rings. The van der Waals surface area contributed by atoms with E-state index < -0.39 is 0 Å². The summed E-state index contributed by atoms with van der Waals surface area (Å²) in [5.41, 5.74) is 1.40. The van der Waals surface area contributed by atoms with Gasteiger partial charge in [-0.25, -0.2) is 4.98 Å². The molecule has 1 aliphatic rings. The fourth-order valence-electron chi connectivity index (χ4n) is 2.82. The lowest BCUT2D eigenvalue weighted by molar-refractivity contribution is 0.398. The number of rotatable bonds is 6. The number of thiazole rings is 1. The van der Waals surface area contributed by atoms with E-state index in [-0.39, 0.29) is 5.41 Å². The van der Waals surface area contributed by atoms with Gasteiger partial charge >= 0.3 is 0 Å². The minimum atomic E-state index is 0.160. The zero-order valence-corrected chi connectivity index (χ0v) is 15.8. The first kappa shape index (κ1) is 17.3. The van der Waals surface area contributed by atoms with Gasteiger partial charge in [0.15, 0.2) is 0 Å². The molecule has 2 atom stereocenters. The molecule has 0 spiro atoms. The summed E-state index contributed by atoms with van der Waals surface area (Å²) >= 11 is 3.98. The van der Waals surface area contributed by atoms with Crippen LogP contribution in [0.2, 0.25) is 0 Å². The first-order valence-corrected chi connectivity index (χ1v) is 10.0. The average Bonchev–Trinajstić information content (AvgIpc) is 3.03. The van der Waals surface area contributed by atoms with E-state index in [9.17, 15) is 0 Å². The van der Waals surface area contributed by atoms with Gasteiger partial charge < -0.3 is 5.32 Å². The van der Waals surface area contributed by atoms with E-state index in [4.69, 9.17) is 4.98 Å². The molecule has 21 heavy (non-hydrogen) atoms. The third-order valence-electron chi connectivity index (χ3n) is 4.33. The van der Waals surface area contributed by atoms with Crippen LogP contribution in [0.25, 0.3) is 0 Å². The topological polar surface area (TPSA) is 24.9 Å². The predicted molar refractivity (Wildman–Crippen MR) is 96.7 cm³/mol. The summed E-state index contributed by atoms with van der Waals surface area (Å²) in [6.45, 7) is 12.5. The Morgan fingerprint density at radius 1 is 1.43 bits per heavy atom. The van der Waals surface area contributed by atoms with E-state index in [1.165, 1.54) is 35.7 Å². The zero-order valence-electron chi connectivity index (χ0n) is 14.2. The monoisotopic (exact) mass is 326 g/mol. The summed E-state index contributed by atoms with van der Waals surface area (Å²) in [5, 5.41) is 7.33. The van der Waals surface area contributed by atoms with Crippen molar-refractivity contribution in [1.29, 1.82) is 0 Å². The van der Waals surface area contributed by atoms with Crippen LogP contribution in [-0.4, -0.2) is 28.1 Å². The molecule has 0 bridgehead atoms. The molecule has 2 rings (SSSR count). The van der Waals surface area contributed by atoms with Crippen LogP contribution >= 0.6 is 23.1 Å². The number of aromatic nitrogens is 1. The van der Waals surface area contributed by atoms with E-state index >= 15 is 0 Å². The minimum absolute atomic E-state index is 0.160. The maximum absolute atomic E-state index is 4.90. The Morgan fingerprint density at radius 3 is 2.71 bits per heavy atom. The summed E-state index contributed by atoms with van der Waals surface area (Å²) in [4.78, 5) is 4.90. The molecule has 2 heterocycles. The number of hydrogen-bond donors (Lipinski definition) is 1. The number of nitrogens with one attached hydrogen (secondary N) is 1.